The first kappa shape index (κ1) is 16.5. The molecule has 0 aromatic heterocycles. The summed E-state index contributed by atoms with van der Waals surface area (Å²) in [5.41, 5.74) is 6.93. The van der Waals surface area contributed by atoms with E-state index in [9.17, 15) is 14.4 Å². The summed E-state index contributed by atoms with van der Waals surface area (Å²) in [6.07, 6.45) is -0.457. The van der Waals surface area contributed by atoms with E-state index in [0.29, 0.717) is 0 Å². The van der Waals surface area contributed by atoms with Crippen LogP contribution in [0.1, 0.15) is 30.5 Å². The van der Waals surface area contributed by atoms with Gasteiger partial charge in [0.1, 0.15) is 6.04 Å². The standard InChI is InChI=1S/C14H19N3O4/c1-8-3-5-10(6-4-8)9(2)16-14(21)17-11(13(19)20)7-12(15)18/h3-6,9,11H,7H2,1-2H3,(H2,15,18)(H,19,20)(H2,16,17,21)/t9?,11-/m0/s1. The van der Waals surface area contributed by atoms with Crippen molar-refractivity contribution in [2.75, 3.05) is 0 Å². The average Bonchev–Trinajstić information content (AvgIpc) is 2.37. The van der Waals surface area contributed by atoms with E-state index in [4.69, 9.17) is 10.8 Å². The molecule has 1 rings (SSSR count). The summed E-state index contributed by atoms with van der Waals surface area (Å²) in [5, 5.41) is 13.7. The van der Waals surface area contributed by atoms with Crippen molar-refractivity contribution in [1.82, 2.24) is 10.6 Å². The van der Waals surface area contributed by atoms with Crippen LogP contribution >= 0.6 is 0 Å². The van der Waals surface area contributed by atoms with Crippen LogP contribution in [-0.2, 0) is 9.59 Å². The fourth-order valence-corrected chi connectivity index (χ4v) is 1.74. The van der Waals surface area contributed by atoms with Crippen molar-refractivity contribution >= 4 is 17.9 Å². The number of amides is 3. The fraction of sp³-hybridized carbons (Fsp3) is 0.357. The molecule has 3 amide bonds. The second-order valence-corrected chi connectivity index (χ2v) is 4.81. The molecule has 5 N–H and O–H groups in total. The number of hydrogen-bond acceptors (Lipinski definition) is 3. The van der Waals surface area contributed by atoms with E-state index in [2.05, 4.69) is 10.6 Å². The van der Waals surface area contributed by atoms with Gasteiger partial charge in [0.2, 0.25) is 5.91 Å². The van der Waals surface area contributed by atoms with Gasteiger partial charge in [-0.3, -0.25) is 4.79 Å². The number of hydrogen-bond donors (Lipinski definition) is 4. The molecule has 0 aliphatic carbocycles. The molecule has 0 saturated carbocycles. The minimum absolute atomic E-state index is 0.298. The zero-order valence-corrected chi connectivity index (χ0v) is 11.9. The number of nitrogens with two attached hydrogens (primary N) is 1. The van der Waals surface area contributed by atoms with E-state index in [1.54, 1.807) is 6.92 Å². The Labute approximate surface area is 122 Å². The third-order valence-electron chi connectivity index (χ3n) is 2.93. The normalized spacial score (nSPS) is 13.0. The molecule has 7 heteroatoms. The topological polar surface area (TPSA) is 122 Å². The number of primary amides is 1. The molecule has 21 heavy (non-hydrogen) atoms. The van der Waals surface area contributed by atoms with Crippen molar-refractivity contribution in [3.05, 3.63) is 35.4 Å². The third kappa shape index (κ3) is 5.52. The summed E-state index contributed by atoms with van der Waals surface area (Å²) in [7, 11) is 0. The van der Waals surface area contributed by atoms with Gasteiger partial charge in [-0.05, 0) is 19.4 Å². The molecular weight excluding hydrogens is 274 g/mol. The molecule has 0 radical (unpaired) electrons. The number of aryl methyl sites for hydroxylation is 1. The van der Waals surface area contributed by atoms with Gasteiger partial charge in [0.25, 0.3) is 0 Å². The molecule has 0 saturated heterocycles. The first-order chi connectivity index (χ1) is 9.79. The minimum Gasteiger partial charge on any atom is -0.480 e. The van der Waals surface area contributed by atoms with Gasteiger partial charge in [-0.1, -0.05) is 29.8 Å². The number of carbonyl (C=O) groups excluding carboxylic acids is 2. The fourth-order valence-electron chi connectivity index (χ4n) is 1.74. The molecule has 0 fully saturated rings. The Hall–Kier alpha value is -2.57. The van der Waals surface area contributed by atoms with E-state index in [0.717, 1.165) is 11.1 Å². The molecule has 1 unspecified atom stereocenters. The number of urea groups is 1. The van der Waals surface area contributed by atoms with Crippen LogP contribution in [0.4, 0.5) is 4.79 Å². The van der Waals surface area contributed by atoms with Gasteiger partial charge in [0, 0.05) is 0 Å². The lowest BCUT2D eigenvalue weighted by Gasteiger charge is -2.18. The monoisotopic (exact) mass is 293 g/mol. The molecule has 1 aromatic carbocycles. The Morgan fingerprint density at radius 1 is 1.19 bits per heavy atom. The number of nitrogens with one attached hydrogen (secondary N) is 2. The van der Waals surface area contributed by atoms with Gasteiger partial charge in [-0.15, -0.1) is 0 Å². The van der Waals surface area contributed by atoms with E-state index >= 15 is 0 Å². The summed E-state index contributed by atoms with van der Waals surface area (Å²) < 4.78 is 0. The van der Waals surface area contributed by atoms with Crippen molar-refractivity contribution < 1.29 is 19.5 Å². The number of carbonyl (C=O) groups is 3. The lowest BCUT2D eigenvalue weighted by atomic mass is 10.1. The number of aliphatic carboxylic acids is 1. The maximum Gasteiger partial charge on any atom is 0.326 e. The minimum atomic E-state index is -1.34. The highest BCUT2D eigenvalue weighted by Gasteiger charge is 2.22. The van der Waals surface area contributed by atoms with Crippen LogP contribution in [-0.4, -0.2) is 29.1 Å². The van der Waals surface area contributed by atoms with Crippen molar-refractivity contribution in [3.8, 4) is 0 Å². The van der Waals surface area contributed by atoms with Crippen LogP contribution in [0, 0.1) is 6.92 Å². The van der Waals surface area contributed by atoms with Crippen LogP contribution < -0.4 is 16.4 Å². The Morgan fingerprint density at radius 2 is 1.76 bits per heavy atom. The number of rotatable bonds is 6. The maximum atomic E-state index is 11.8. The zero-order valence-electron chi connectivity index (χ0n) is 11.9. The third-order valence-corrected chi connectivity index (χ3v) is 2.93. The second-order valence-electron chi connectivity index (χ2n) is 4.81. The average molecular weight is 293 g/mol. The molecule has 0 spiro atoms. The molecule has 0 aliphatic heterocycles. The molecular formula is C14H19N3O4. The largest absolute Gasteiger partial charge is 0.480 e. The van der Waals surface area contributed by atoms with Crippen LogP contribution in [0.2, 0.25) is 0 Å². The van der Waals surface area contributed by atoms with E-state index < -0.39 is 30.4 Å². The van der Waals surface area contributed by atoms with Crippen LogP contribution in [0.5, 0.6) is 0 Å². The highest BCUT2D eigenvalue weighted by Crippen LogP contribution is 2.12. The molecule has 1 aromatic rings. The maximum absolute atomic E-state index is 11.8. The SMILES string of the molecule is Cc1ccc(C(C)NC(=O)N[C@@H](CC(N)=O)C(=O)O)cc1. The molecule has 0 heterocycles. The van der Waals surface area contributed by atoms with Crippen LogP contribution in [0.3, 0.4) is 0 Å². The van der Waals surface area contributed by atoms with Crippen molar-refractivity contribution in [1.29, 1.82) is 0 Å². The molecule has 0 bridgehead atoms. The smallest absolute Gasteiger partial charge is 0.326 e. The number of carboxylic acid groups (broad SMARTS) is 1. The quantitative estimate of drug-likeness (QED) is 0.616. The van der Waals surface area contributed by atoms with Gasteiger partial charge in [-0.2, -0.15) is 0 Å². The highest BCUT2D eigenvalue weighted by molar-refractivity contribution is 5.87. The second kappa shape index (κ2) is 7.28. The number of benzene rings is 1. The predicted octanol–water partition coefficient (Wildman–Crippen LogP) is 0.684. The predicted molar refractivity (Wildman–Crippen MR) is 76.5 cm³/mol. The van der Waals surface area contributed by atoms with Gasteiger partial charge in [0.15, 0.2) is 0 Å². The lowest BCUT2D eigenvalue weighted by molar-refractivity contribution is -0.140. The Bertz CT molecular complexity index is 528. The summed E-state index contributed by atoms with van der Waals surface area (Å²) in [5.74, 6) is -2.11. The van der Waals surface area contributed by atoms with E-state index in [1.807, 2.05) is 31.2 Å². The molecule has 2 atom stereocenters. The zero-order chi connectivity index (χ0) is 16.0. The molecule has 0 aliphatic rings. The lowest BCUT2D eigenvalue weighted by Crippen LogP contribution is -2.48. The summed E-state index contributed by atoms with van der Waals surface area (Å²) >= 11 is 0. The van der Waals surface area contributed by atoms with Crippen LogP contribution in [0.15, 0.2) is 24.3 Å². The summed E-state index contributed by atoms with van der Waals surface area (Å²) in [6, 6.07) is 5.27. The van der Waals surface area contributed by atoms with E-state index in [-0.39, 0.29) is 6.04 Å². The van der Waals surface area contributed by atoms with Crippen molar-refractivity contribution in [2.45, 2.75) is 32.4 Å². The summed E-state index contributed by atoms with van der Waals surface area (Å²) in [4.78, 5) is 33.4. The first-order valence-corrected chi connectivity index (χ1v) is 6.44. The highest BCUT2D eigenvalue weighted by atomic mass is 16.4. The van der Waals surface area contributed by atoms with E-state index in [1.165, 1.54) is 0 Å². The first-order valence-electron chi connectivity index (χ1n) is 6.44. The van der Waals surface area contributed by atoms with Crippen molar-refractivity contribution in [2.24, 2.45) is 5.73 Å². The Kier molecular flexibility index (Phi) is 5.71. The Balaban J connectivity index is 2.61. The molecule has 114 valence electrons. The van der Waals surface area contributed by atoms with Gasteiger partial charge in [0.05, 0.1) is 12.5 Å². The Morgan fingerprint density at radius 3 is 2.24 bits per heavy atom. The molecule has 7 nitrogen and oxygen atoms in total. The van der Waals surface area contributed by atoms with Gasteiger partial charge < -0.3 is 21.5 Å². The van der Waals surface area contributed by atoms with Crippen LogP contribution in [0.25, 0.3) is 0 Å². The van der Waals surface area contributed by atoms with Gasteiger partial charge in [-0.25, -0.2) is 9.59 Å². The number of carboxylic acids is 1. The summed E-state index contributed by atoms with van der Waals surface area (Å²) in [6.45, 7) is 3.73. The van der Waals surface area contributed by atoms with Crippen molar-refractivity contribution in [3.63, 3.8) is 0 Å². The van der Waals surface area contributed by atoms with Gasteiger partial charge >= 0.3 is 12.0 Å².